The molecule has 0 heterocycles. The molecule has 0 radical (unpaired) electrons. The predicted molar refractivity (Wildman–Crippen MR) is 63.4 cm³/mol. The highest BCUT2D eigenvalue weighted by Crippen LogP contribution is 2.13. The Morgan fingerprint density at radius 3 is 2.50 bits per heavy atom. The van der Waals surface area contributed by atoms with Gasteiger partial charge >= 0.3 is 0 Å². The molecule has 1 nitrogen and oxygen atoms in total. The van der Waals surface area contributed by atoms with E-state index in [2.05, 4.69) is 33.8 Å². The molecule has 1 atom stereocenters. The number of aliphatic hydroxyl groups is 1. The number of aliphatic hydroxyl groups excluding tert-OH is 1. The van der Waals surface area contributed by atoms with Gasteiger partial charge in [0.2, 0.25) is 0 Å². The van der Waals surface area contributed by atoms with Crippen LogP contribution in [0.1, 0.15) is 59.8 Å². The Bertz CT molecular complexity index is 159. The second-order valence-corrected chi connectivity index (χ2v) is 4.68. The quantitative estimate of drug-likeness (QED) is 0.485. The molecule has 0 aromatic rings. The van der Waals surface area contributed by atoms with Gasteiger partial charge in [0, 0.05) is 0 Å². The Labute approximate surface area is 89.2 Å². The third-order valence-electron chi connectivity index (χ3n) is 2.35. The van der Waals surface area contributed by atoms with Gasteiger partial charge in [-0.05, 0) is 32.1 Å². The van der Waals surface area contributed by atoms with E-state index in [1.807, 2.05) is 0 Å². The Morgan fingerprint density at radius 2 is 2.00 bits per heavy atom. The fourth-order valence-corrected chi connectivity index (χ4v) is 1.64. The molecule has 84 valence electrons. The van der Waals surface area contributed by atoms with Gasteiger partial charge in [0.25, 0.3) is 0 Å². The molecular formula is C13H26O. The van der Waals surface area contributed by atoms with Crippen LogP contribution in [0.15, 0.2) is 11.6 Å². The molecule has 0 bridgehead atoms. The maximum absolute atomic E-state index is 9.71. The van der Waals surface area contributed by atoms with E-state index in [0.29, 0.717) is 5.92 Å². The van der Waals surface area contributed by atoms with E-state index in [1.54, 1.807) is 0 Å². The minimum absolute atomic E-state index is 0.145. The maximum atomic E-state index is 9.71. The zero-order valence-corrected chi connectivity index (χ0v) is 10.2. The van der Waals surface area contributed by atoms with Crippen molar-refractivity contribution in [1.29, 1.82) is 0 Å². The molecule has 0 saturated carbocycles. The molecule has 0 saturated heterocycles. The molecule has 1 unspecified atom stereocenters. The molecule has 0 aromatic heterocycles. The number of unbranched alkanes of at least 4 members (excludes halogenated alkanes) is 2. The molecule has 0 rings (SSSR count). The monoisotopic (exact) mass is 198 g/mol. The van der Waals surface area contributed by atoms with Gasteiger partial charge in [-0.3, -0.25) is 0 Å². The number of allylic oxidation sites excluding steroid dienone is 1. The lowest BCUT2D eigenvalue weighted by Crippen LogP contribution is -2.10. The second kappa shape index (κ2) is 8.05. The highest BCUT2D eigenvalue weighted by atomic mass is 16.3. The molecule has 0 aliphatic rings. The van der Waals surface area contributed by atoms with Crippen LogP contribution in [0.2, 0.25) is 0 Å². The van der Waals surface area contributed by atoms with Crippen LogP contribution in [0.25, 0.3) is 0 Å². The van der Waals surface area contributed by atoms with Gasteiger partial charge in [0.05, 0.1) is 6.10 Å². The van der Waals surface area contributed by atoms with E-state index in [0.717, 1.165) is 19.3 Å². The highest BCUT2D eigenvalue weighted by Gasteiger charge is 2.06. The predicted octanol–water partition coefficient (Wildman–Crippen LogP) is 3.92. The van der Waals surface area contributed by atoms with Crippen LogP contribution in [-0.4, -0.2) is 11.2 Å². The lowest BCUT2D eigenvalue weighted by atomic mass is 10.00. The van der Waals surface area contributed by atoms with Crippen molar-refractivity contribution in [1.82, 2.24) is 0 Å². The van der Waals surface area contributed by atoms with Crippen LogP contribution in [0.5, 0.6) is 0 Å². The zero-order chi connectivity index (χ0) is 11.0. The van der Waals surface area contributed by atoms with Crippen LogP contribution < -0.4 is 0 Å². The van der Waals surface area contributed by atoms with E-state index < -0.39 is 0 Å². The smallest absolute Gasteiger partial charge is 0.0579 e. The molecule has 1 heteroatoms. The van der Waals surface area contributed by atoms with E-state index in [-0.39, 0.29) is 6.10 Å². The third kappa shape index (κ3) is 8.31. The van der Waals surface area contributed by atoms with Crippen LogP contribution >= 0.6 is 0 Å². The zero-order valence-electron chi connectivity index (χ0n) is 10.2. The van der Waals surface area contributed by atoms with Gasteiger partial charge in [0.15, 0.2) is 0 Å². The number of hydrogen-bond acceptors (Lipinski definition) is 1. The summed E-state index contributed by atoms with van der Waals surface area (Å²) in [6, 6.07) is 0. The summed E-state index contributed by atoms with van der Waals surface area (Å²) in [5.74, 6) is 0.591. The van der Waals surface area contributed by atoms with Gasteiger partial charge in [-0.2, -0.15) is 0 Å². The van der Waals surface area contributed by atoms with E-state index >= 15 is 0 Å². The largest absolute Gasteiger partial charge is 0.393 e. The Hall–Kier alpha value is -0.300. The summed E-state index contributed by atoms with van der Waals surface area (Å²) in [6.07, 6.45) is 7.56. The summed E-state index contributed by atoms with van der Waals surface area (Å²) in [4.78, 5) is 0. The van der Waals surface area contributed by atoms with Crippen molar-refractivity contribution >= 4 is 0 Å². The van der Waals surface area contributed by atoms with Crippen LogP contribution in [0.4, 0.5) is 0 Å². The van der Waals surface area contributed by atoms with Crippen molar-refractivity contribution in [3.63, 3.8) is 0 Å². The summed E-state index contributed by atoms with van der Waals surface area (Å²) >= 11 is 0. The molecule has 14 heavy (non-hydrogen) atoms. The summed E-state index contributed by atoms with van der Waals surface area (Å²) in [6.45, 7) is 8.63. The van der Waals surface area contributed by atoms with E-state index in [9.17, 15) is 5.11 Å². The third-order valence-corrected chi connectivity index (χ3v) is 2.35. The fourth-order valence-electron chi connectivity index (χ4n) is 1.64. The molecular weight excluding hydrogens is 172 g/mol. The molecule has 0 fully saturated rings. The number of hydrogen-bond donors (Lipinski definition) is 1. The summed E-state index contributed by atoms with van der Waals surface area (Å²) < 4.78 is 0. The normalized spacial score (nSPS) is 14.9. The van der Waals surface area contributed by atoms with Crippen molar-refractivity contribution in [2.45, 2.75) is 65.9 Å². The molecule has 0 aliphatic carbocycles. The minimum Gasteiger partial charge on any atom is -0.393 e. The van der Waals surface area contributed by atoms with E-state index in [4.69, 9.17) is 0 Å². The minimum atomic E-state index is -0.145. The van der Waals surface area contributed by atoms with Crippen molar-refractivity contribution in [3.05, 3.63) is 11.6 Å². The standard InChI is InChI=1S/C13H26O/c1-5-6-7-8-12(4)10-13(14)9-11(2)3/h8,11,13-14H,5-7,9-10H2,1-4H3. The maximum Gasteiger partial charge on any atom is 0.0579 e. The molecule has 0 aromatic carbocycles. The molecule has 0 amide bonds. The van der Waals surface area contributed by atoms with Gasteiger partial charge in [-0.1, -0.05) is 45.3 Å². The van der Waals surface area contributed by atoms with E-state index in [1.165, 1.54) is 18.4 Å². The summed E-state index contributed by atoms with van der Waals surface area (Å²) in [5, 5.41) is 9.71. The Balaban J connectivity index is 3.68. The lowest BCUT2D eigenvalue weighted by Gasteiger charge is -2.13. The molecule has 0 spiro atoms. The Morgan fingerprint density at radius 1 is 1.36 bits per heavy atom. The molecule has 0 aliphatic heterocycles. The lowest BCUT2D eigenvalue weighted by molar-refractivity contribution is 0.149. The fraction of sp³-hybridized carbons (Fsp3) is 0.846. The van der Waals surface area contributed by atoms with Crippen molar-refractivity contribution < 1.29 is 5.11 Å². The Kier molecular flexibility index (Phi) is 7.87. The highest BCUT2D eigenvalue weighted by molar-refractivity contribution is 4.99. The van der Waals surface area contributed by atoms with Gasteiger partial charge < -0.3 is 5.11 Å². The first kappa shape index (κ1) is 13.7. The first-order valence-corrected chi connectivity index (χ1v) is 5.90. The molecule has 1 N–H and O–H groups in total. The summed E-state index contributed by atoms with van der Waals surface area (Å²) in [5.41, 5.74) is 1.34. The van der Waals surface area contributed by atoms with Gasteiger partial charge in [-0.25, -0.2) is 0 Å². The van der Waals surface area contributed by atoms with Crippen LogP contribution in [-0.2, 0) is 0 Å². The first-order chi connectivity index (χ1) is 6.56. The average Bonchev–Trinajstić information content (AvgIpc) is 2.02. The van der Waals surface area contributed by atoms with Crippen LogP contribution in [0.3, 0.4) is 0 Å². The van der Waals surface area contributed by atoms with Gasteiger partial charge in [0.1, 0.15) is 0 Å². The second-order valence-electron chi connectivity index (χ2n) is 4.68. The van der Waals surface area contributed by atoms with Gasteiger partial charge in [-0.15, -0.1) is 0 Å². The number of rotatable bonds is 7. The van der Waals surface area contributed by atoms with Crippen molar-refractivity contribution in [2.24, 2.45) is 5.92 Å². The van der Waals surface area contributed by atoms with Crippen LogP contribution in [0, 0.1) is 5.92 Å². The first-order valence-electron chi connectivity index (χ1n) is 5.90. The summed E-state index contributed by atoms with van der Waals surface area (Å²) in [7, 11) is 0. The van der Waals surface area contributed by atoms with Crippen molar-refractivity contribution in [2.75, 3.05) is 0 Å². The van der Waals surface area contributed by atoms with Crippen molar-refractivity contribution in [3.8, 4) is 0 Å². The SMILES string of the molecule is CCCCC=C(C)CC(O)CC(C)C. The average molecular weight is 198 g/mol. The topological polar surface area (TPSA) is 20.2 Å².